The molecule has 19 heavy (non-hydrogen) atoms. The van der Waals surface area contributed by atoms with Gasteiger partial charge in [-0.15, -0.1) is 0 Å². The van der Waals surface area contributed by atoms with E-state index in [1.807, 2.05) is 36.4 Å². The average Bonchev–Trinajstić information content (AvgIpc) is 2.44. The smallest absolute Gasteiger partial charge is 0.330 e. The molecule has 0 aliphatic heterocycles. The highest BCUT2D eigenvalue weighted by molar-refractivity contribution is 5.96. The Morgan fingerprint density at radius 2 is 2.00 bits per heavy atom. The first kappa shape index (κ1) is 13.1. The monoisotopic (exact) mass is 256 g/mol. The molecule has 0 aliphatic carbocycles. The summed E-state index contributed by atoms with van der Waals surface area (Å²) in [6, 6.07) is 11.9. The maximum absolute atomic E-state index is 11.4. The second kappa shape index (κ2) is 6.05. The highest BCUT2D eigenvalue weighted by atomic mass is 16.5. The lowest BCUT2D eigenvalue weighted by Gasteiger charge is -2.08. The summed E-state index contributed by atoms with van der Waals surface area (Å²) in [5, 5.41) is 2.15. The first-order valence-corrected chi connectivity index (χ1v) is 6.17. The summed E-state index contributed by atoms with van der Waals surface area (Å²) >= 11 is 0. The third-order valence-corrected chi connectivity index (χ3v) is 2.82. The molecule has 0 atom stereocenters. The van der Waals surface area contributed by atoms with Gasteiger partial charge in [-0.1, -0.05) is 30.3 Å². The van der Waals surface area contributed by atoms with Crippen molar-refractivity contribution >= 4 is 22.8 Å². The van der Waals surface area contributed by atoms with Crippen LogP contribution in [0.15, 0.2) is 42.5 Å². The molecule has 0 fully saturated rings. The second-order valence-corrected chi connectivity index (χ2v) is 3.99. The maximum Gasteiger partial charge on any atom is 0.330 e. The van der Waals surface area contributed by atoms with Crippen LogP contribution >= 0.6 is 0 Å². The van der Waals surface area contributed by atoms with Crippen LogP contribution in [-0.4, -0.2) is 19.7 Å². The van der Waals surface area contributed by atoms with Crippen molar-refractivity contribution in [1.29, 1.82) is 0 Å². The van der Waals surface area contributed by atoms with E-state index in [1.165, 1.54) is 6.08 Å². The van der Waals surface area contributed by atoms with E-state index in [0.717, 1.165) is 22.1 Å². The Balaban J connectivity index is 2.47. The predicted molar refractivity (Wildman–Crippen MR) is 76.2 cm³/mol. The van der Waals surface area contributed by atoms with E-state index < -0.39 is 0 Å². The average molecular weight is 256 g/mol. The number of esters is 1. The van der Waals surface area contributed by atoms with Crippen LogP contribution in [-0.2, 0) is 9.53 Å². The van der Waals surface area contributed by atoms with Crippen molar-refractivity contribution in [2.45, 2.75) is 6.92 Å². The van der Waals surface area contributed by atoms with Gasteiger partial charge in [-0.05, 0) is 29.8 Å². The molecule has 3 heteroatoms. The fraction of sp³-hybridized carbons (Fsp3) is 0.188. The van der Waals surface area contributed by atoms with Crippen molar-refractivity contribution in [3.8, 4) is 5.75 Å². The van der Waals surface area contributed by atoms with Crippen molar-refractivity contribution in [3.05, 3.63) is 48.0 Å². The van der Waals surface area contributed by atoms with Gasteiger partial charge in [-0.3, -0.25) is 0 Å². The topological polar surface area (TPSA) is 35.5 Å². The molecule has 0 amide bonds. The number of carbonyl (C=O) groups is 1. The van der Waals surface area contributed by atoms with Gasteiger partial charge in [-0.2, -0.15) is 0 Å². The molecule has 0 unspecified atom stereocenters. The van der Waals surface area contributed by atoms with E-state index in [9.17, 15) is 4.79 Å². The second-order valence-electron chi connectivity index (χ2n) is 3.99. The van der Waals surface area contributed by atoms with Gasteiger partial charge in [0.15, 0.2) is 0 Å². The Labute approximate surface area is 112 Å². The van der Waals surface area contributed by atoms with Gasteiger partial charge in [0.05, 0.1) is 13.7 Å². The van der Waals surface area contributed by atoms with Crippen LogP contribution in [0.2, 0.25) is 0 Å². The standard InChI is InChI=1S/C16H16O3/c1-3-19-16(17)11-9-14-13-7-5-4-6-12(13)8-10-15(14)18-2/h4-11H,3H2,1-2H3/b11-9+. The Hall–Kier alpha value is -2.29. The Morgan fingerprint density at radius 1 is 1.21 bits per heavy atom. The van der Waals surface area contributed by atoms with Crippen molar-refractivity contribution in [2.75, 3.05) is 13.7 Å². The summed E-state index contributed by atoms with van der Waals surface area (Å²) in [7, 11) is 1.62. The first-order chi connectivity index (χ1) is 9.26. The highest BCUT2D eigenvalue weighted by Gasteiger charge is 2.05. The van der Waals surface area contributed by atoms with E-state index in [1.54, 1.807) is 20.1 Å². The minimum Gasteiger partial charge on any atom is -0.496 e. The Kier molecular flexibility index (Phi) is 4.18. The zero-order chi connectivity index (χ0) is 13.7. The number of fused-ring (bicyclic) bond motifs is 1. The molecule has 0 heterocycles. The van der Waals surface area contributed by atoms with Crippen molar-refractivity contribution < 1.29 is 14.3 Å². The molecule has 2 rings (SSSR count). The zero-order valence-corrected chi connectivity index (χ0v) is 11.1. The van der Waals surface area contributed by atoms with E-state index in [4.69, 9.17) is 9.47 Å². The summed E-state index contributed by atoms with van der Waals surface area (Å²) in [5.74, 6) is 0.386. The van der Waals surface area contributed by atoms with Crippen molar-refractivity contribution in [3.63, 3.8) is 0 Å². The normalized spacial score (nSPS) is 10.8. The fourth-order valence-corrected chi connectivity index (χ4v) is 1.97. The molecule has 0 bridgehead atoms. The Morgan fingerprint density at radius 3 is 2.74 bits per heavy atom. The number of methoxy groups -OCH3 is 1. The van der Waals surface area contributed by atoms with E-state index in [-0.39, 0.29) is 5.97 Å². The molecule has 3 nitrogen and oxygen atoms in total. The summed E-state index contributed by atoms with van der Waals surface area (Å²) in [5.41, 5.74) is 0.883. The number of ether oxygens (including phenoxy) is 2. The molecule has 2 aromatic carbocycles. The van der Waals surface area contributed by atoms with Gasteiger partial charge >= 0.3 is 5.97 Å². The summed E-state index contributed by atoms with van der Waals surface area (Å²) in [6.45, 7) is 2.15. The van der Waals surface area contributed by atoms with Crippen LogP contribution in [0, 0.1) is 0 Å². The molecule has 98 valence electrons. The molecule has 0 N–H and O–H groups in total. The summed E-state index contributed by atoms with van der Waals surface area (Å²) < 4.78 is 10.2. The van der Waals surface area contributed by atoms with E-state index in [2.05, 4.69) is 0 Å². The molecule has 0 radical (unpaired) electrons. The molecular formula is C16H16O3. The van der Waals surface area contributed by atoms with Gasteiger partial charge in [-0.25, -0.2) is 4.79 Å². The van der Waals surface area contributed by atoms with Crippen molar-refractivity contribution in [1.82, 2.24) is 0 Å². The lowest BCUT2D eigenvalue weighted by molar-refractivity contribution is -0.137. The SMILES string of the molecule is CCOC(=O)/C=C/c1c(OC)ccc2ccccc12. The van der Waals surface area contributed by atoms with Gasteiger partial charge in [0.25, 0.3) is 0 Å². The number of carbonyl (C=O) groups excluding carboxylic acids is 1. The first-order valence-electron chi connectivity index (χ1n) is 6.17. The third kappa shape index (κ3) is 2.94. The van der Waals surface area contributed by atoms with Crippen LogP contribution in [0.5, 0.6) is 5.75 Å². The summed E-state index contributed by atoms with van der Waals surface area (Å²) in [4.78, 5) is 11.4. The molecule has 0 saturated carbocycles. The number of hydrogen-bond acceptors (Lipinski definition) is 3. The van der Waals surface area contributed by atoms with Gasteiger partial charge in [0, 0.05) is 11.6 Å². The van der Waals surface area contributed by atoms with Crippen LogP contribution in [0.4, 0.5) is 0 Å². The molecule has 0 spiro atoms. The largest absolute Gasteiger partial charge is 0.496 e. The minimum absolute atomic E-state index is 0.350. The molecule has 0 aromatic heterocycles. The van der Waals surface area contributed by atoms with Gasteiger partial charge in [0.1, 0.15) is 5.75 Å². The fourth-order valence-electron chi connectivity index (χ4n) is 1.97. The number of rotatable bonds is 4. The zero-order valence-electron chi connectivity index (χ0n) is 11.1. The number of benzene rings is 2. The van der Waals surface area contributed by atoms with Crippen LogP contribution in [0.25, 0.3) is 16.8 Å². The molecule has 0 aliphatic rings. The summed E-state index contributed by atoms with van der Waals surface area (Å²) in [6.07, 6.45) is 3.16. The van der Waals surface area contributed by atoms with Crippen LogP contribution in [0.1, 0.15) is 12.5 Å². The quantitative estimate of drug-likeness (QED) is 0.621. The third-order valence-electron chi connectivity index (χ3n) is 2.82. The molecular weight excluding hydrogens is 240 g/mol. The molecule has 0 saturated heterocycles. The minimum atomic E-state index is -0.350. The highest BCUT2D eigenvalue weighted by Crippen LogP contribution is 2.29. The van der Waals surface area contributed by atoms with Crippen LogP contribution in [0.3, 0.4) is 0 Å². The lowest BCUT2D eigenvalue weighted by Crippen LogP contribution is -1.99. The Bertz CT molecular complexity index is 614. The number of hydrogen-bond donors (Lipinski definition) is 0. The van der Waals surface area contributed by atoms with Crippen LogP contribution < -0.4 is 4.74 Å². The van der Waals surface area contributed by atoms with Crippen molar-refractivity contribution in [2.24, 2.45) is 0 Å². The van der Waals surface area contributed by atoms with E-state index >= 15 is 0 Å². The van der Waals surface area contributed by atoms with Gasteiger partial charge in [0.2, 0.25) is 0 Å². The lowest BCUT2D eigenvalue weighted by atomic mass is 10.0. The molecule has 2 aromatic rings. The van der Waals surface area contributed by atoms with E-state index in [0.29, 0.717) is 6.61 Å². The predicted octanol–water partition coefficient (Wildman–Crippen LogP) is 3.42. The maximum atomic E-state index is 11.4. The van der Waals surface area contributed by atoms with Gasteiger partial charge < -0.3 is 9.47 Å².